The minimum Gasteiger partial charge on any atom is -0.467 e. The molecule has 0 saturated carbocycles. The summed E-state index contributed by atoms with van der Waals surface area (Å²) in [5, 5.41) is 8.20. The highest BCUT2D eigenvalue weighted by Crippen LogP contribution is 2.44. The molecule has 0 saturated heterocycles. The molecule has 224 valence electrons. The van der Waals surface area contributed by atoms with E-state index in [2.05, 4.69) is 151 Å². The Labute approximate surface area is 273 Å². The number of hydrogen-bond donors (Lipinski definition) is 1. The van der Waals surface area contributed by atoms with Gasteiger partial charge in [0.1, 0.15) is 0 Å². The Kier molecular flexibility index (Phi) is 6.64. The van der Waals surface area contributed by atoms with Crippen molar-refractivity contribution in [3.8, 4) is 50.8 Å². The molecule has 0 spiro atoms. The Hall–Kier alpha value is -6.00. The van der Waals surface area contributed by atoms with Gasteiger partial charge in [-0.05, 0) is 58.0 Å². The molecule has 2 heterocycles. The van der Waals surface area contributed by atoms with Gasteiger partial charge in [-0.15, -0.1) is 0 Å². The maximum Gasteiger partial charge on any atom is 0.176 e. The first-order valence-corrected chi connectivity index (χ1v) is 16.1. The van der Waals surface area contributed by atoms with Gasteiger partial charge in [0.15, 0.2) is 17.8 Å². The minimum atomic E-state index is -0.0840. The normalized spacial score (nSPS) is 16.6. The van der Waals surface area contributed by atoms with Gasteiger partial charge in [0.2, 0.25) is 0 Å². The molecule has 2 atom stereocenters. The standard InChI is InChI=1S/C43H31N3O/c1-4-11-28(12-5-1)32-17-10-18-34(25-32)39-27-38(29-13-6-2-7-14-29)44-42(45-39)35-21-23-36-33(26-35)20-19-30-22-24-37-41(40(30)36)47-43(46-37)31-15-8-3-9-16-31/h1-15,17-27,31,43,46H,16H2. The van der Waals surface area contributed by atoms with E-state index in [9.17, 15) is 0 Å². The molecular weight excluding hydrogens is 574 g/mol. The predicted octanol–water partition coefficient (Wildman–Crippen LogP) is 10.7. The van der Waals surface area contributed by atoms with Crippen molar-refractivity contribution in [3.63, 3.8) is 0 Å². The maximum atomic E-state index is 6.63. The van der Waals surface area contributed by atoms with Crippen LogP contribution in [0.2, 0.25) is 0 Å². The fourth-order valence-electron chi connectivity index (χ4n) is 6.80. The third-order valence-electron chi connectivity index (χ3n) is 9.22. The highest BCUT2D eigenvalue weighted by atomic mass is 16.5. The lowest BCUT2D eigenvalue weighted by molar-refractivity contribution is 0.206. The van der Waals surface area contributed by atoms with Crippen LogP contribution in [0.25, 0.3) is 66.6 Å². The zero-order chi connectivity index (χ0) is 31.2. The van der Waals surface area contributed by atoms with E-state index in [1.807, 2.05) is 12.1 Å². The van der Waals surface area contributed by atoms with E-state index in [-0.39, 0.29) is 6.23 Å². The Morgan fingerprint density at radius 3 is 2.11 bits per heavy atom. The molecule has 0 amide bonds. The first-order chi connectivity index (χ1) is 23.3. The van der Waals surface area contributed by atoms with E-state index < -0.39 is 0 Å². The summed E-state index contributed by atoms with van der Waals surface area (Å²) in [5.74, 6) is 1.92. The Morgan fingerprint density at radius 1 is 0.574 bits per heavy atom. The minimum absolute atomic E-state index is 0.0840. The Balaban J connectivity index is 1.15. The van der Waals surface area contributed by atoms with E-state index >= 15 is 0 Å². The van der Waals surface area contributed by atoms with Gasteiger partial charge < -0.3 is 10.1 Å². The number of nitrogens with one attached hydrogen (secondary N) is 1. The van der Waals surface area contributed by atoms with E-state index in [4.69, 9.17) is 14.7 Å². The number of rotatable bonds is 5. The molecule has 47 heavy (non-hydrogen) atoms. The van der Waals surface area contributed by atoms with Gasteiger partial charge in [-0.1, -0.05) is 133 Å². The topological polar surface area (TPSA) is 47.0 Å². The van der Waals surface area contributed by atoms with Crippen LogP contribution in [0.1, 0.15) is 6.42 Å². The number of hydrogen-bond acceptors (Lipinski definition) is 4. The summed E-state index contributed by atoms with van der Waals surface area (Å²) in [5.41, 5.74) is 8.24. The lowest BCUT2D eigenvalue weighted by atomic mass is 9.98. The largest absolute Gasteiger partial charge is 0.467 e. The van der Waals surface area contributed by atoms with Gasteiger partial charge >= 0.3 is 0 Å². The molecule has 4 nitrogen and oxygen atoms in total. The molecule has 1 aromatic heterocycles. The summed E-state index contributed by atoms with van der Waals surface area (Å²) in [6.45, 7) is 0. The van der Waals surface area contributed by atoms with Crippen molar-refractivity contribution in [2.75, 3.05) is 5.32 Å². The third kappa shape index (κ3) is 5.04. The number of allylic oxidation sites excluding steroid dienone is 3. The summed E-state index contributed by atoms with van der Waals surface area (Å²) in [6.07, 6.45) is 9.52. The number of aromatic nitrogens is 2. The molecule has 1 N–H and O–H groups in total. The maximum absolute atomic E-state index is 6.63. The van der Waals surface area contributed by atoms with E-state index in [0.717, 1.165) is 73.0 Å². The van der Waals surface area contributed by atoms with Crippen molar-refractivity contribution in [2.45, 2.75) is 12.6 Å². The first-order valence-electron chi connectivity index (χ1n) is 16.1. The second-order valence-electron chi connectivity index (χ2n) is 12.2. The molecule has 4 heteroatoms. The molecular formula is C43H31N3O. The average Bonchev–Trinajstić information content (AvgIpc) is 3.60. The van der Waals surface area contributed by atoms with Crippen LogP contribution in [0.4, 0.5) is 5.69 Å². The molecule has 1 aliphatic carbocycles. The monoisotopic (exact) mass is 605 g/mol. The number of anilines is 1. The molecule has 0 fully saturated rings. The highest BCUT2D eigenvalue weighted by molar-refractivity contribution is 6.13. The fourth-order valence-corrected chi connectivity index (χ4v) is 6.80. The Morgan fingerprint density at radius 2 is 1.30 bits per heavy atom. The Bertz CT molecular complexity index is 2340. The van der Waals surface area contributed by atoms with Gasteiger partial charge in [0.25, 0.3) is 0 Å². The van der Waals surface area contributed by atoms with Crippen molar-refractivity contribution < 1.29 is 4.74 Å². The number of ether oxygens (including phenoxy) is 1. The van der Waals surface area contributed by atoms with Crippen LogP contribution in [0, 0.1) is 5.92 Å². The van der Waals surface area contributed by atoms with Gasteiger partial charge in [-0.3, -0.25) is 0 Å². The lowest BCUT2D eigenvalue weighted by Crippen LogP contribution is -2.29. The van der Waals surface area contributed by atoms with Crippen LogP contribution >= 0.6 is 0 Å². The van der Waals surface area contributed by atoms with Gasteiger partial charge in [-0.25, -0.2) is 9.97 Å². The molecule has 2 aliphatic rings. The van der Waals surface area contributed by atoms with Crippen LogP contribution in [-0.2, 0) is 0 Å². The quantitative estimate of drug-likeness (QED) is 0.198. The average molecular weight is 606 g/mol. The molecule has 0 radical (unpaired) electrons. The summed E-state index contributed by atoms with van der Waals surface area (Å²) in [4.78, 5) is 10.3. The SMILES string of the molecule is C1=CCC(C2Nc3ccc4ccc5cc(-c6nc(-c7ccccc7)cc(-c7cccc(-c8ccccc8)c7)n6)ccc5c4c3O2)C=C1. The van der Waals surface area contributed by atoms with Crippen molar-refractivity contribution >= 4 is 27.2 Å². The van der Waals surface area contributed by atoms with Gasteiger partial charge in [-0.2, -0.15) is 0 Å². The fraction of sp³-hybridized carbons (Fsp3) is 0.0698. The number of nitrogens with zero attached hydrogens (tertiary/aromatic N) is 2. The van der Waals surface area contributed by atoms with Gasteiger partial charge in [0.05, 0.1) is 17.1 Å². The van der Waals surface area contributed by atoms with Gasteiger partial charge in [0, 0.05) is 28.0 Å². The summed E-state index contributed by atoms with van der Waals surface area (Å²) in [7, 11) is 0. The molecule has 7 aromatic rings. The van der Waals surface area contributed by atoms with E-state index in [0.29, 0.717) is 11.7 Å². The third-order valence-corrected chi connectivity index (χ3v) is 9.22. The zero-order valence-corrected chi connectivity index (χ0v) is 25.7. The van der Waals surface area contributed by atoms with E-state index in [1.54, 1.807) is 0 Å². The van der Waals surface area contributed by atoms with Crippen molar-refractivity contribution in [1.82, 2.24) is 9.97 Å². The second-order valence-corrected chi connectivity index (χ2v) is 12.2. The summed E-state index contributed by atoms with van der Waals surface area (Å²) < 4.78 is 6.63. The number of fused-ring (bicyclic) bond motifs is 5. The van der Waals surface area contributed by atoms with Crippen LogP contribution in [-0.4, -0.2) is 16.2 Å². The molecule has 9 rings (SSSR count). The number of benzene rings is 6. The predicted molar refractivity (Wildman–Crippen MR) is 193 cm³/mol. The molecule has 1 aliphatic heterocycles. The summed E-state index contributed by atoms with van der Waals surface area (Å²) in [6, 6.07) is 46.7. The zero-order valence-electron chi connectivity index (χ0n) is 25.7. The molecule has 6 aromatic carbocycles. The molecule has 0 bridgehead atoms. The highest BCUT2D eigenvalue weighted by Gasteiger charge is 2.30. The van der Waals surface area contributed by atoms with Crippen molar-refractivity contribution in [2.24, 2.45) is 5.92 Å². The van der Waals surface area contributed by atoms with E-state index in [1.165, 1.54) is 5.56 Å². The van der Waals surface area contributed by atoms with Crippen LogP contribution in [0.15, 0.2) is 158 Å². The van der Waals surface area contributed by atoms with Crippen LogP contribution in [0.3, 0.4) is 0 Å². The summed E-state index contributed by atoms with van der Waals surface area (Å²) >= 11 is 0. The molecule has 2 unspecified atom stereocenters. The van der Waals surface area contributed by atoms with Crippen molar-refractivity contribution in [3.05, 3.63) is 158 Å². The lowest BCUT2D eigenvalue weighted by Gasteiger charge is -2.20. The van der Waals surface area contributed by atoms with Crippen LogP contribution in [0.5, 0.6) is 5.75 Å². The second kappa shape index (κ2) is 11.4. The first kappa shape index (κ1) is 27.3. The van der Waals surface area contributed by atoms with Crippen molar-refractivity contribution in [1.29, 1.82) is 0 Å². The smallest absolute Gasteiger partial charge is 0.176 e. The van der Waals surface area contributed by atoms with Crippen LogP contribution < -0.4 is 10.1 Å².